The van der Waals surface area contributed by atoms with Crippen molar-refractivity contribution in [3.8, 4) is 0 Å². The smallest absolute Gasteiger partial charge is 0.236 e. The maximum atomic E-state index is 11.6. The average molecular weight is 234 g/mol. The number of rotatable bonds is 7. The van der Waals surface area contributed by atoms with Crippen LogP contribution in [0.5, 0.6) is 0 Å². The minimum Gasteiger partial charge on any atom is -0.345 e. The molecule has 1 N–H and O–H groups in total. The molecule has 1 amide bonds. The van der Waals surface area contributed by atoms with E-state index in [0.29, 0.717) is 6.54 Å². The van der Waals surface area contributed by atoms with Gasteiger partial charge in [-0.1, -0.05) is 37.3 Å². The van der Waals surface area contributed by atoms with Crippen LogP contribution in [0.15, 0.2) is 30.3 Å². The van der Waals surface area contributed by atoms with Crippen molar-refractivity contribution in [2.24, 2.45) is 0 Å². The molecular formula is C14H22N2O. The third-order valence-electron chi connectivity index (χ3n) is 2.75. The van der Waals surface area contributed by atoms with Gasteiger partial charge in [0.15, 0.2) is 0 Å². The molecule has 1 rings (SSSR count). The lowest BCUT2D eigenvalue weighted by atomic mass is 10.1. The van der Waals surface area contributed by atoms with Crippen LogP contribution in [0.2, 0.25) is 0 Å². The van der Waals surface area contributed by atoms with Crippen LogP contribution in [0, 0.1) is 0 Å². The van der Waals surface area contributed by atoms with Crippen molar-refractivity contribution in [2.45, 2.75) is 19.8 Å². The number of benzene rings is 1. The lowest BCUT2D eigenvalue weighted by Gasteiger charge is -2.17. The number of hydrogen-bond acceptors (Lipinski definition) is 2. The molecule has 94 valence electrons. The molecule has 0 saturated heterocycles. The summed E-state index contributed by atoms with van der Waals surface area (Å²) >= 11 is 0. The molecule has 3 heteroatoms. The minimum absolute atomic E-state index is 0.167. The fourth-order valence-corrected chi connectivity index (χ4v) is 1.66. The molecule has 0 heterocycles. The van der Waals surface area contributed by atoms with Gasteiger partial charge in [-0.25, -0.2) is 0 Å². The summed E-state index contributed by atoms with van der Waals surface area (Å²) in [6.45, 7) is 4.10. The van der Waals surface area contributed by atoms with Crippen LogP contribution in [0.3, 0.4) is 0 Å². The Bertz CT molecular complexity index is 324. The second-order valence-electron chi connectivity index (χ2n) is 4.18. The van der Waals surface area contributed by atoms with Crippen LogP contribution in [-0.2, 0) is 11.2 Å². The van der Waals surface area contributed by atoms with E-state index in [9.17, 15) is 4.79 Å². The molecule has 1 aromatic rings. The normalized spacial score (nSPS) is 10.2. The number of nitrogens with zero attached hydrogens (tertiary/aromatic N) is 1. The number of nitrogens with one attached hydrogen (secondary N) is 1. The van der Waals surface area contributed by atoms with Gasteiger partial charge >= 0.3 is 0 Å². The maximum absolute atomic E-state index is 11.6. The van der Waals surface area contributed by atoms with Gasteiger partial charge in [-0.05, 0) is 24.9 Å². The van der Waals surface area contributed by atoms with Gasteiger partial charge in [0.2, 0.25) is 5.91 Å². The highest BCUT2D eigenvalue weighted by atomic mass is 16.2. The Morgan fingerprint density at radius 1 is 1.29 bits per heavy atom. The molecule has 17 heavy (non-hydrogen) atoms. The number of likely N-dealkylation sites (N-methyl/N-ethyl adjacent to an activating group) is 2. The Hall–Kier alpha value is -1.35. The van der Waals surface area contributed by atoms with E-state index in [1.54, 1.807) is 4.90 Å². The number of hydrogen-bond donors (Lipinski definition) is 1. The standard InChI is InChI=1S/C14H22N2O/c1-3-15-12-14(17)16(2)11-7-10-13-8-5-4-6-9-13/h4-6,8-9,15H,3,7,10-12H2,1-2H3. The zero-order chi connectivity index (χ0) is 12.5. The summed E-state index contributed by atoms with van der Waals surface area (Å²) in [5.41, 5.74) is 1.33. The van der Waals surface area contributed by atoms with Crippen LogP contribution in [-0.4, -0.2) is 37.5 Å². The number of carbonyl (C=O) groups is 1. The van der Waals surface area contributed by atoms with Gasteiger partial charge in [-0.2, -0.15) is 0 Å². The van der Waals surface area contributed by atoms with Gasteiger partial charge in [-0.3, -0.25) is 4.79 Å². The molecule has 0 aliphatic rings. The van der Waals surface area contributed by atoms with E-state index in [-0.39, 0.29) is 5.91 Å². The summed E-state index contributed by atoms with van der Waals surface area (Å²) in [5, 5.41) is 3.05. The molecule has 1 aromatic carbocycles. The fraction of sp³-hybridized carbons (Fsp3) is 0.500. The Labute approximate surface area is 104 Å². The van der Waals surface area contributed by atoms with E-state index in [1.807, 2.05) is 20.0 Å². The van der Waals surface area contributed by atoms with E-state index in [0.717, 1.165) is 25.9 Å². The van der Waals surface area contributed by atoms with Crippen molar-refractivity contribution in [1.82, 2.24) is 10.2 Å². The number of amides is 1. The van der Waals surface area contributed by atoms with Crippen molar-refractivity contribution < 1.29 is 4.79 Å². The Morgan fingerprint density at radius 2 is 2.00 bits per heavy atom. The van der Waals surface area contributed by atoms with Gasteiger partial charge in [0, 0.05) is 13.6 Å². The first-order chi connectivity index (χ1) is 8.24. The highest BCUT2D eigenvalue weighted by Crippen LogP contribution is 2.02. The number of aryl methyl sites for hydroxylation is 1. The van der Waals surface area contributed by atoms with Crippen LogP contribution in [0.25, 0.3) is 0 Å². The summed E-state index contributed by atoms with van der Waals surface area (Å²) in [5.74, 6) is 0.167. The van der Waals surface area contributed by atoms with Crippen molar-refractivity contribution in [3.63, 3.8) is 0 Å². The van der Waals surface area contributed by atoms with Crippen molar-refractivity contribution in [1.29, 1.82) is 0 Å². The first-order valence-electron chi connectivity index (χ1n) is 6.22. The Morgan fingerprint density at radius 3 is 2.65 bits per heavy atom. The van der Waals surface area contributed by atoms with Gasteiger partial charge in [0.05, 0.1) is 6.54 Å². The Kier molecular flexibility index (Phi) is 6.33. The van der Waals surface area contributed by atoms with E-state index >= 15 is 0 Å². The molecule has 0 aliphatic carbocycles. The highest BCUT2D eigenvalue weighted by molar-refractivity contribution is 5.77. The summed E-state index contributed by atoms with van der Waals surface area (Å²) in [6, 6.07) is 10.4. The summed E-state index contributed by atoms with van der Waals surface area (Å²) in [7, 11) is 1.87. The SMILES string of the molecule is CCNCC(=O)N(C)CCCc1ccccc1. The molecule has 0 atom stereocenters. The van der Waals surface area contributed by atoms with Crippen LogP contribution < -0.4 is 5.32 Å². The molecule has 3 nitrogen and oxygen atoms in total. The third kappa shape index (κ3) is 5.50. The monoisotopic (exact) mass is 234 g/mol. The van der Waals surface area contributed by atoms with Crippen LogP contribution >= 0.6 is 0 Å². The quantitative estimate of drug-likeness (QED) is 0.778. The van der Waals surface area contributed by atoms with Gasteiger partial charge in [0.25, 0.3) is 0 Å². The third-order valence-corrected chi connectivity index (χ3v) is 2.75. The van der Waals surface area contributed by atoms with Crippen molar-refractivity contribution >= 4 is 5.91 Å². The molecule has 0 saturated carbocycles. The summed E-state index contributed by atoms with van der Waals surface area (Å²) in [6.07, 6.45) is 2.04. The largest absolute Gasteiger partial charge is 0.345 e. The van der Waals surface area contributed by atoms with Gasteiger partial charge in [-0.15, -0.1) is 0 Å². The molecule has 0 spiro atoms. The highest BCUT2D eigenvalue weighted by Gasteiger charge is 2.06. The molecular weight excluding hydrogens is 212 g/mol. The molecule has 0 unspecified atom stereocenters. The van der Waals surface area contributed by atoms with Crippen molar-refractivity contribution in [3.05, 3.63) is 35.9 Å². The lowest BCUT2D eigenvalue weighted by Crippen LogP contribution is -2.36. The first-order valence-corrected chi connectivity index (χ1v) is 6.22. The second kappa shape index (κ2) is 7.85. The lowest BCUT2D eigenvalue weighted by molar-refractivity contribution is -0.128. The maximum Gasteiger partial charge on any atom is 0.236 e. The van der Waals surface area contributed by atoms with Crippen LogP contribution in [0.4, 0.5) is 0 Å². The van der Waals surface area contributed by atoms with Gasteiger partial charge < -0.3 is 10.2 Å². The number of carbonyl (C=O) groups excluding carboxylic acids is 1. The summed E-state index contributed by atoms with van der Waals surface area (Å²) in [4.78, 5) is 13.4. The first kappa shape index (κ1) is 13.7. The fourth-order valence-electron chi connectivity index (χ4n) is 1.66. The van der Waals surface area contributed by atoms with Crippen molar-refractivity contribution in [2.75, 3.05) is 26.7 Å². The molecule has 0 aromatic heterocycles. The summed E-state index contributed by atoms with van der Waals surface area (Å²) < 4.78 is 0. The van der Waals surface area contributed by atoms with E-state index in [2.05, 4.69) is 29.6 Å². The van der Waals surface area contributed by atoms with E-state index < -0.39 is 0 Å². The predicted molar refractivity (Wildman–Crippen MR) is 70.9 cm³/mol. The zero-order valence-electron chi connectivity index (χ0n) is 10.8. The molecule has 0 bridgehead atoms. The van der Waals surface area contributed by atoms with Gasteiger partial charge in [0.1, 0.15) is 0 Å². The van der Waals surface area contributed by atoms with E-state index in [4.69, 9.17) is 0 Å². The topological polar surface area (TPSA) is 32.3 Å². The van der Waals surface area contributed by atoms with E-state index in [1.165, 1.54) is 5.56 Å². The zero-order valence-corrected chi connectivity index (χ0v) is 10.8. The molecule has 0 radical (unpaired) electrons. The second-order valence-corrected chi connectivity index (χ2v) is 4.18. The Balaban J connectivity index is 2.20. The molecule has 0 fully saturated rings. The molecule has 0 aliphatic heterocycles. The average Bonchev–Trinajstić information content (AvgIpc) is 2.37. The minimum atomic E-state index is 0.167. The predicted octanol–water partition coefficient (Wildman–Crippen LogP) is 1.69. The van der Waals surface area contributed by atoms with Crippen LogP contribution in [0.1, 0.15) is 18.9 Å².